The lowest BCUT2D eigenvalue weighted by molar-refractivity contribution is 0.0595. The minimum absolute atomic E-state index is 0.0343. The van der Waals surface area contributed by atoms with Crippen LogP contribution in [0.1, 0.15) is 35.7 Å². The Labute approximate surface area is 179 Å². The first-order valence-corrected chi connectivity index (χ1v) is 9.97. The number of nitrogens with zero attached hydrogens (tertiary/aromatic N) is 3. The van der Waals surface area contributed by atoms with Crippen LogP contribution >= 0.6 is 0 Å². The Kier molecular flexibility index (Phi) is 6.92. The molecular formula is C22H25FN4O4. The average molecular weight is 428 g/mol. The number of carbonyl (C=O) groups excluding carboxylic acids is 1. The number of methoxy groups -OCH3 is 1. The van der Waals surface area contributed by atoms with Gasteiger partial charge in [0, 0.05) is 25.2 Å². The third-order valence-corrected chi connectivity index (χ3v) is 5.23. The van der Waals surface area contributed by atoms with Crippen LogP contribution < -0.4 is 21.9 Å². The van der Waals surface area contributed by atoms with Crippen molar-refractivity contribution in [3.8, 4) is 11.8 Å². The highest BCUT2D eigenvalue weighted by molar-refractivity contribution is 5.89. The first-order valence-electron chi connectivity index (χ1n) is 9.97. The molecule has 1 saturated heterocycles. The molecule has 2 aromatic rings. The zero-order chi connectivity index (χ0) is 22.5. The number of benzene rings is 1. The Balaban J connectivity index is 2.05. The van der Waals surface area contributed by atoms with E-state index in [0.717, 1.165) is 30.6 Å². The number of nitrogens with two attached hydrogens (primary N) is 1. The molecule has 0 aliphatic carbocycles. The molecule has 0 unspecified atom stereocenters. The van der Waals surface area contributed by atoms with Gasteiger partial charge in [0.15, 0.2) is 0 Å². The molecule has 1 aromatic heterocycles. The van der Waals surface area contributed by atoms with Crippen LogP contribution in [0.2, 0.25) is 0 Å². The fourth-order valence-corrected chi connectivity index (χ4v) is 3.66. The van der Waals surface area contributed by atoms with Crippen molar-refractivity contribution in [3.05, 3.63) is 62.0 Å². The summed E-state index contributed by atoms with van der Waals surface area (Å²) in [7, 11) is 1.15. The van der Waals surface area contributed by atoms with Gasteiger partial charge in [-0.25, -0.2) is 14.0 Å². The maximum atomic E-state index is 13.9. The summed E-state index contributed by atoms with van der Waals surface area (Å²) in [5, 5.41) is 0. The highest BCUT2D eigenvalue weighted by Gasteiger charge is 2.22. The topological polar surface area (TPSA) is 99.6 Å². The third-order valence-electron chi connectivity index (χ3n) is 5.23. The van der Waals surface area contributed by atoms with Crippen molar-refractivity contribution in [2.24, 2.45) is 5.73 Å². The normalized spacial score (nSPS) is 15.9. The fraction of sp³-hybridized carbons (Fsp3) is 0.409. The lowest BCUT2D eigenvalue weighted by Crippen LogP contribution is -2.48. The highest BCUT2D eigenvalue weighted by atomic mass is 19.1. The second-order valence-corrected chi connectivity index (χ2v) is 7.38. The number of esters is 1. The van der Waals surface area contributed by atoms with Gasteiger partial charge in [-0.3, -0.25) is 13.9 Å². The number of hydrogen-bond donors (Lipinski definition) is 1. The van der Waals surface area contributed by atoms with Gasteiger partial charge in [-0.05, 0) is 37.5 Å². The summed E-state index contributed by atoms with van der Waals surface area (Å²) in [6.07, 6.45) is 1.75. The predicted molar refractivity (Wildman–Crippen MR) is 115 cm³/mol. The molecule has 1 aliphatic heterocycles. The van der Waals surface area contributed by atoms with Crippen LogP contribution in [-0.2, 0) is 17.8 Å². The molecule has 2 heterocycles. The number of carbonyl (C=O) groups is 1. The smallest absolute Gasteiger partial charge is 0.340 e. The Morgan fingerprint density at radius 3 is 2.74 bits per heavy atom. The molecule has 8 nitrogen and oxygen atoms in total. The largest absolute Gasteiger partial charge is 0.465 e. The summed E-state index contributed by atoms with van der Waals surface area (Å²) in [6, 6.07) is 5.17. The standard InChI is InChI=1S/C22H25FN4O4/c1-3-4-10-26-19(25-9-5-6-16(24)14-25)12-20(28)27(22(26)30)13-15-7-8-18(23)17(11-15)21(29)31-2/h7-8,11-12,16H,5-6,9-10,13-14,24H2,1-2H3/t16-/m1/s1. The summed E-state index contributed by atoms with van der Waals surface area (Å²) in [5.41, 5.74) is 5.20. The monoisotopic (exact) mass is 428 g/mol. The number of ether oxygens (including phenoxy) is 1. The van der Waals surface area contributed by atoms with Gasteiger partial charge >= 0.3 is 11.7 Å². The minimum atomic E-state index is -0.834. The van der Waals surface area contributed by atoms with Crippen LogP contribution in [0.5, 0.6) is 0 Å². The molecule has 1 fully saturated rings. The molecule has 1 aromatic carbocycles. The van der Waals surface area contributed by atoms with E-state index in [1.165, 1.54) is 22.8 Å². The molecule has 0 radical (unpaired) electrons. The second-order valence-electron chi connectivity index (χ2n) is 7.38. The van der Waals surface area contributed by atoms with E-state index in [1.807, 2.05) is 4.90 Å². The van der Waals surface area contributed by atoms with E-state index in [0.29, 0.717) is 24.5 Å². The Bertz CT molecular complexity index is 1160. The van der Waals surface area contributed by atoms with Crippen LogP contribution in [0, 0.1) is 17.7 Å². The molecule has 9 heteroatoms. The van der Waals surface area contributed by atoms with E-state index in [9.17, 15) is 18.8 Å². The van der Waals surface area contributed by atoms with Gasteiger partial charge in [-0.2, -0.15) is 0 Å². The van der Waals surface area contributed by atoms with Gasteiger partial charge in [0.2, 0.25) is 0 Å². The van der Waals surface area contributed by atoms with E-state index in [2.05, 4.69) is 16.6 Å². The highest BCUT2D eigenvalue weighted by Crippen LogP contribution is 2.17. The van der Waals surface area contributed by atoms with Crippen LogP contribution in [0.4, 0.5) is 10.2 Å². The number of aromatic nitrogens is 2. The second kappa shape index (κ2) is 9.62. The Morgan fingerprint density at radius 2 is 2.06 bits per heavy atom. The van der Waals surface area contributed by atoms with Crippen molar-refractivity contribution in [2.45, 2.75) is 38.9 Å². The molecule has 164 valence electrons. The van der Waals surface area contributed by atoms with Gasteiger partial charge in [-0.1, -0.05) is 12.0 Å². The van der Waals surface area contributed by atoms with Crippen molar-refractivity contribution in [1.82, 2.24) is 9.13 Å². The maximum Gasteiger partial charge on any atom is 0.340 e. The van der Waals surface area contributed by atoms with E-state index in [4.69, 9.17) is 5.73 Å². The number of piperidine rings is 1. The van der Waals surface area contributed by atoms with E-state index >= 15 is 0 Å². The van der Waals surface area contributed by atoms with Crippen molar-refractivity contribution in [3.63, 3.8) is 0 Å². The molecule has 0 bridgehead atoms. The lowest BCUT2D eigenvalue weighted by Gasteiger charge is -2.33. The molecule has 0 amide bonds. The zero-order valence-electron chi connectivity index (χ0n) is 17.6. The van der Waals surface area contributed by atoms with Crippen LogP contribution in [-0.4, -0.2) is 41.3 Å². The lowest BCUT2D eigenvalue weighted by atomic mass is 10.1. The van der Waals surface area contributed by atoms with Gasteiger partial charge < -0.3 is 15.4 Å². The number of rotatable bonds is 5. The molecule has 3 rings (SSSR count). The molecule has 0 saturated carbocycles. The summed E-state index contributed by atoms with van der Waals surface area (Å²) < 4.78 is 21.0. The van der Waals surface area contributed by atoms with Crippen molar-refractivity contribution in [1.29, 1.82) is 0 Å². The summed E-state index contributed by atoms with van der Waals surface area (Å²) >= 11 is 0. The molecule has 1 aliphatic rings. The average Bonchev–Trinajstić information content (AvgIpc) is 2.76. The number of hydrogen-bond acceptors (Lipinski definition) is 6. The van der Waals surface area contributed by atoms with Crippen LogP contribution in [0.15, 0.2) is 33.9 Å². The fourth-order valence-electron chi connectivity index (χ4n) is 3.66. The van der Waals surface area contributed by atoms with Gasteiger partial charge in [0.25, 0.3) is 5.56 Å². The Morgan fingerprint density at radius 1 is 1.29 bits per heavy atom. The maximum absolute atomic E-state index is 13.9. The third kappa shape index (κ3) is 4.86. The van der Waals surface area contributed by atoms with E-state index < -0.39 is 23.0 Å². The molecule has 31 heavy (non-hydrogen) atoms. The van der Waals surface area contributed by atoms with Crippen molar-refractivity contribution < 1.29 is 13.9 Å². The van der Waals surface area contributed by atoms with Gasteiger partial charge in [-0.15, -0.1) is 5.92 Å². The number of anilines is 1. The first-order chi connectivity index (χ1) is 14.8. The first kappa shape index (κ1) is 22.3. The van der Waals surface area contributed by atoms with Gasteiger partial charge in [0.05, 0.1) is 25.8 Å². The van der Waals surface area contributed by atoms with E-state index in [-0.39, 0.29) is 24.7 Å². The molecule has 2 N–H and O–H groups in total. The predicted octanol–water partition coefficient (Wildman–Crippen LogP) is 0.935. The molecular weight excluding hydrogens is 403 g/mol. The molecule has 1 atom stereocenters. The zero-order valence-corrected chi connectivity index (χ0v) is 17.6. The van der Waals surface area contributed by atoms with Crippen molar-refractivity contribution in [2.75, 3.05) is 25.1 Å². The minimum Gasteiger partial charge on any atom is -0.465 e. The SMILES string of the molecule is CC#CCn1c(N2CCC[C@@H](N)C2)cc(=O)n(Cc2ccc(F)c(C(=O)OC)c2)c1=O. The summed E-state index contributed by atoms with van der Waals surface area (Å²) in [4.78, 5) is 39.8. The molecule has 0 spiro atoms. The van der Waals surface area contributed by atoms with Crippen molar-refractivity contribution >= 4 is 11.8 Å². The summed E-state index contributed by atoms with van der Waals surface area (Å²) in [5.74, 6) is 4.55. The Hall–Kier alpha value is -3.38. The van der Waals surface area contributed by atoms with Crippen LogP contribution in [0.3, 0.4) is 0 Å². The van der Waals surface area contributed by atoms with Crippen LogP contribution in [0.25, 0.3) is 0 Å². The van der Waals surface area contributed by atoms with Gasteiger partial charge in [0.1, 0.15) is 11.6 Å². The quantitative estimate of drug-likeness (QED) is 0.562. The number of halogens is 1. The van der Waals surface area contributed by atoms with E-state index in [1.54, 1.807) is 6.92 Å². The summed E-state index contributed by atoms with van der Waals surface area (Å²) in [6.45, 7) is 2.90.